The van der Waals surface area contributed by atoms with Crippen molar-refractivity contribution in [3.8, 4) is 5.75 Å². The van der Waals surface area contributed by atoms with E-state index in [4.69, 9.17) is 4.74 Å². The lowest BCUT2D eigenvalue weighted by molar-refractivity contribution is -0.123. The van der Waals surface area contributed by atoms with Gasteiger partial charge in [-0.25, -0.2) is 0 Å². The molecule has 0 unspecified atom stereocenters. The Kier molecular flexibility index (Phi) is 4.91. The van der Waals surface area contributed by atoms with Gasteiger partial charge in [-0.1, -0.05) is 30.3 Å². The molecule has 0 atom stereocenters. The standard InChI is InChI=1S/C19H18N2O3/c22-12-15-5-1-4-8-18(15)24-13-19(23)20-10-9-14-11-21-17-7-3-2-6-16(14)17/h1-8,11-12,21H,9-10,13H2,(H,20,23). The Morgan fingerprint density at radius 2 is 1.92 bits per heavy atom. The number of aldehydes is 1. The molecule has 0 aliphatic rings. The van der Waals surface area contributed by atoms with E-state index < -0.39 is 0 Å². The summed E-state index contributed by atoms with van der Waals surface area (Å²) in [5.74, 6) is 0.204. The van der Waals surface area contributed by atoms with Gasteiger partial charge in [0.2, 0.25) is 0 Å². The smallest absolute Gasteiger partial charge is 0.257 e. The van der Waals surface area contributed by atoms with E-state index in [-0.39, 0.29) is 12.5 Å². The van der Waals surface area contributed by atoms with Crippen LogP contribution >= 0.6 is 0 Å². The second-order valence-electron chi connectivity index (χ2n) is 5.40. The summed E-state index contributed by atoms with van der Waals surface area (Å²) in [6, 6.07) is 14.9. The molecule has 122 valence electrons. The number of fused-ring (bicyclic) bond motifs is 1. The van der Waals surface area contributed by atoms with Crippen LogP contribution in [0.25, 0.3) is 10.9 Å². The fourth-order valence-corrected chi connectivity index (χ4v) is 2.58. The van der Waals surface area contributed by atoms with Gasteiger partial charge >= 0.3 is 0 Å². The summed E-state index contributed by atoms with van der Waals surface area (Å²) < 4.78 is 5.40. The van der Waals surface area contributed by atoms with E-state index in [1.54, 1.807) is 24.3 Å². The fourth-order valence-electron chi connectivity index (χ4n) is 2.58. The van der Waals surface area contributed by atoms with Crippen molar-refractivity contribution in [3.05, 3.63) is 65.9 Å². The number of ether oxygens (including phenoxy) is 1. The minimum Gasteiger partial charge on any atom is -0.483 e. The van der Waals surface area contributed by atoms with E-state index in [1.165, 1.54) is 5.39 Å². The van der Waals surface area contributed by atoms with Crippen LogP contribution in [0, 0.1) is 0 Å². The molecule has 0 saturated carbocycles. The first-order valence-corrected chi connectivity index (χ1v) is 7.76. The minimum absolute atomic E-state index is 0.112. The molecule has 3 rings (SSSR count). The van der Waals surface area contributed by atoms with Gasteiger partial charge in [0, 0.05) is 23.6 Å². The number of para-hydroxylation sites is 2. The number of rotatable bonds is 7. The summed E-state index contributed by atoms with van der Waals surface area (Å²) in [5.41, 5.74) is 2.69. The lowest BCUT2D eigenvalue weighted by Crippen LogP contribution is -2.30. The Balaban J connectivity index is 1.48. The second kappa shape index (κ2) is 7.46. The maximum atomic E-state index is 11.9. The number of carbonyl (C=O) groups is 2. The summed E-state index contributed by atoms with van der Waals surface area (Å²) in [5, 5.41) is 4.00. The minimum atomic E-state index is -0.212. The van der Waals surface area contributed by atoms with Crippen LogP contribution in [-0.2, 0) is 11.2 Å². The van der Waals surface area contributed by atoms with Crippen molar-refractivity contribution >= 4 is 23.1 Å². The van der Waals surface area contributed by atoms with Crippen LogP contribution in [0.3, 0.4) is 0 Å². The van der Waals surface area contributed by atoms with Crippen LogP contribution in [0.5, 0.6) is 5.75 Å². The quantitative estimate of drug-likeness (QED) is 0.657. The van der Waals surface area contributed by atoms with Crippen molar-refractivity contribution in [2.75, 3.05) is 13.2 Å². The summed E-state index contributed by atoms with van der Waals surface area (Å²) >= 11 is 0. The van der Waals surface area contributed by atoms with E-state index in [9.17, 15) is 9.59 Å². The number of hydrogen-bond acceptors (Lipinski definition) is 3. The van der Waals surface area contributed by atoms with Gasteiger partial charge < -0.3 is 15.0 Å². The van der Waals surface area contributed by atoms with Crippen LogP contribution < -0.4 is 10.1 Å². The molecule has 1 amide bonds. The molecular weight excluding hydrogens is 304 g/mol. The van der Waals surface area contributed by atoms with E-state index in [1.807, 2.05) is 24.4 Å². The Bertz CT molecular complexity index is 854. The van der Waals surface area contributed by atoms with Gasteiger partial charge in [-0.15, -0.1) is 0 Å². The molecule has 0 saturated heterocycles. The highest BCUT2D eigenvalue weighted by Crippen LogP contribution is 2.18. The molecule has 0 radical (unpaired) electrons. The van der Waals surface area contributed by atoms with Crippen LogP contribution in [0.15, 0.2) is 54.7 Å². The second-order valence-corrected chi connectivity index (χ2v) is 5.40. The molecule has 1 heterocycles. The molecule has 3 aromatic rings. The zero-order valence-electron chi connectivity index (χ0n) is 13.1. The molecule has 0 fully saturated rings. The third-order valence-electron chi connectivity index (χ3n) is 3.80. The molecule has 0 spiro atoms. The van der Waals surface area contributed by atoms with Crippen molar-refractivity contribution in [2.45, 2.75) is 6.42 Å². The highest BCUT2D eigenvalue weighted by atomic mass is 16.5. The molecular formula is C19H18N2O3. The Morgan fingerprint density at radius 1 is 1.12 bits per heavy atom. The first-order chi connectivity index (χ1) is 11.8. The lowest BCUT2D eigenvalue weighted by atomic mass is 10.1. The third-order valence-corrected chi connectivity index (χ3v) is 3.80. The lowest BCUT2D eigenvalue weighted by Gasteiger charge is -2.08. The van der Waals surface area contributed by atoms with E-state index >= 15 is 0 Å². The zero-order valence-corrected chi connectivity index (χ0v) is 13.1. The molecule has 5 heteroatoms. The van der Waals surface area contributed by atoms with Crippen LogP contribution in [0.1, 0.15) is 15.9 Å². The largest absolute Gasteiger partial charge is 0.483 e. The molecule has 2 aromatic carbocycles. The van der Waals surface area contributed by atoms with Crippen LogP contribution in [-0.4, -0.2) is 30.3 Å². The number of aromatic amines is 1. The number of carbonyl (C=O) groups excluding carboxylic acids is 2. The first-order valence-electron chi connectivity index (χ1n) is 7.76. The number of amides is 1. The van der Waals surface area contributed by atoms with Gasteiger partial charge in [-0.05, 0) is 30.2 Å². The number of benzene rings is 2. The normalized spacial score (nSPS) is 10.5. The first kappa shape index (κ1) is 15.8. The highest BCUT2D eigenvalue weighted by Gasteiger charge is 2.07. The van der Waals surface area contributed by atoms with E-state index in [2.05, 4.69) is 16.4 Å². The van der Waals surface area contributed by atoms with Crippen LogP contribution in [0.2, 0.25) is 0 Å². The van der Waals surface area contributed by atoms with Gasteiger partial charge in [0.05, 0.1) is 5.56 Å². The molecule has 2 N–H and O–H groups in total. The predicted molar refractivity (Wildman–Crippen MR) is 92.3 cm³/mol. The van der Waals surface area contributed by atoms with Crippen molar-refractivity contribution in [2.24, 2.45) is 0 Å². The van der Waals surface area contributed by atoms with Gasteiger partial charge in [-0.3, -0.25) is 9.59 Å². The SMILES string of the molecule is O=Cc1ccccc1OCC(=O)NCCc1c[nH]c2ccccc12. The topological polar surface area (TPSA) is 71.2 Å². The Hall–Kier alpha value is -3.08. The van der Waals surface area contributed by atoms with Gasteiger partial charge in [0.25, 0.3) is 5.91 Å². The molecule has 1 aromatic heterocycles. The van der Waals surface area contributed by atoms with Crippen molar-refractivity contribution in [3.63, 3.8) is 0 Å². The van der Waals surface area contributed by atoms with Gasteiger partial charge in [0.1, 0.15) is 5.75 Å². The van der Waals surface area contributed by atoms with Gasteiger partial charge in [0.15, 0.2) is 12.9 Å². The fraction of sp³-hybridized carbons (Fsp3) is 0.158. The Labute approximate surface area is 139 Å². The van der Waals surface area contributed by atoms with Gasteiger partial charge in [-0.2, -0.15) is 0 Å². The maximum absolute atomic E-state index is 11.9. The molecule has 0 aliphatic heterocycles. The van der Waals surface area contributed by atoms with Crippen molar-refractivity contribution < 1.29 is 14.3 Å². The summed E-state index contributed by atoms with van der Waals surface area (Å²) in [4.78, 5) is 26.0. The average molecular weight is 322 g/mol. The molecule has 5 nitrogen and oxygen atoms in total. The number of hydrogen-bond donors (Lipinski definition) is 2. The monoisotopic (exact) mass is 322 g/mol. The summed E-state index contributed by atoms with van der Waals surface area (Å²) in [7, 11) is 0. The predicted octanol–water partition coefficient (Wildman–Crippen LogP) is 2.72. The average Bonchev–Trinajstić information content (AvgIpc) is 3.03. The number of H-pyrrole nitrogens is 1. The maximum Gasteiger partial charge on any atom is 0.257 e. The molecule has 0 aliphatic carbocycles. The highest BCUT2D eigenvalue weighted by molar-refractivity contribution is 5.83. The van der Waals surface area contributed by atoms with Crippen molar-refractivity contribution in [1.29, 1.82) is 0 Å². The van der Waals surface area contributed by atoms with Crippen LogP contribution in [0.4, 0.5) is 0 Å². The summed E-state index contributed by atoms with van der Waals surface area (Å²) in [6.07, 6.45) is 3.42. The number of nitrogens with one attached hydrogen (secondary N) is 2. The van der Waals surface area contributed by atoms with E-state index in [0.29, 0.717) is 24.1 Å². The third kappa shape index (κ3) is 3.63. The van der Waals surface area contributed by atoms with Crippen molar-refractivity contribution in [1.82, 2.24) is 10.3 Å². The Morgan fingerprint density at radius 3 is 2.79 bits per heavy atom. The number of aromatic nitrogens is 1. The van der Waals surface area contributed by atoms with E-state index in [0.717, 1.165) is 17.5 Å². The molecule has 24 heavy (non-hydrogen) atoms. The zero-order chi connectivity index (χ0) is 16.8. The molecule has 0 bridgehead atoms. The summed E-state index contributed by atoms with van der Waals surface area (Å²) in [6.45, 7) is 0.415.